The first-order valence-electron chi connectivity index (χ1n) is 9.38. The maximum Gasteiger partial charge on any atom is 0.341 e. The van der Waals surface area contributed by atoms with E-state index in [0.29, 0.717) is 6.42 Å². The molecule has 0 aliphatic rings. The molecule has 1 rings (SSSR count). The first-order valence-corrected chi connectivity index (χ1v) is 9.38. The molecule has 2 atom stereocenters. The summed E-state index contributed by atoms with van der Waals surface area (Å²) in [6.07, 6.45) is 0.569. The number of rotatable bonds is 10. The number of hydrogen-bond donors (Lipinski definition) is 6. The van der Waals surface area contributed by atoms with E-state index in [1.165, 1.54) is 25.3 Å². The number of aromatic hydroxyl groups is 1. The average molecular weight is 423 g/mol. The van der Waals surface area contributed by atoms with Crippen molar-refractivity contribution in [3.63, 3.8) is 0 Å². The Morgan fingerprint density at radius 2 is 1.83 bits per heavy atom. The molecule has 0 heterocycles. The highest BCUT2D eigenvalue weighted by Crippen LogP contribution is 2.23. The zero-order valence-corrected chi connectivity index (χ0v) is 17.2. The van der Waals surface area contributed by atoms with Gasteiger partial charge in [0, 0.05) is 18.3 Å². The number of phenolic OH excluding ortho intramolecular Hbond substituents is 1. The molecule has 0 aliphatic carbocycles. The highest BCUT2D eigenvalue weighted by Gasteiger charge is 2.25. The summed E-state index contributed by atoms with van der Waals surface area (Å²) < 4.78 is 4.55. The van der Waals surface area contributed by atoms with Gasteiger partial charge >= 0.3 is 12.0 Å². The van der Waals surface area contributed by atoms with Crippen molar-refractivity contribution in [2.24, 2.45) is 17.4 Å². The van der Waals surface area contributed by atoms with Gasteiger partial charge in [-0.25, -0.2) is 9.59 Å². The molecule has 0 aromatic heterocycles. The molecule has 0 saturated carbocycles. The van der Waals surface area contributed by atoms with Crippen molar-refractivity contribution in [2.75, 3.05) is 19.0 Å². The van der Waals surface area contributed by atoms with Gasteiger partial charge in [0.25, 0.3) is 0 Å². The fourth-order valence-corrected chi connectivity index (χ4v) is 2.48. The van der Waals surface area contributed by atoms with Crippen LogP contribution in [0.15, 0.2) is 18.2 Å². The molecule has 1 aromatic carbocycles. The second-order valence-electron chi connectivity index (χ2n) is 6.98. The van der Waals surface area contributed by atoms with Gasteiger partial charge in [-0.3, -0.25) is 9.59 Å². The van der Waals surface area contributed by atoms with Crippen LogP contribution in [0.4, 0.5) is 10.5 Å². The monoisotopic (exact) mass is 423 g/mol. The number of phenols is 1. The summed E-state index contributed by atoms with van der Waals surface area (Å²) in [5.41, 5.74) is 11.0. The highest BCUT2D eigenvalue weighted by molar-refractivity contribution is 5.99. The summed E-state index contributed by atoms with van der Waals surface area (Å²) in [5, 5.41) is 17.5. The number of anilines is 1. The Hall–Kier alpha value is -3.34. The molecule has 11 heteroatoms. The van der Waals surface area contributed by atoms with E-state index in [1.807, 2.05) is 0 Å². The zero-order chi connectivity index (χ0) is 22.8. The van der Waals surface area contributed by atoms with Crippen LogP contribution in [-0.4, -0.2) is 54.7 Å². The Kier molecular flexibility index (Phi) is 9.56. The highest BCUT2D eigenvalue weighted by atomic mass is 16.5. The molecule has 1 aromatic rings. The Bertz CT molecular complexity index is 783. The molecule has 0 fully saturated rings. The number of benzene rings is 1. The van der Waals surface area contributed by atoms with E-state index in [-0.39, 0.29) is 35.9 Å². The number of amides is 4. The number of esters is 1. The minimum atomic E-state index is -0.945. The third-order valence-electron chi connectivity index (χ3n) is 4.29. The lowest BCUT2D eigenvalue weighted by Gasteiger charge is -2.22. The number of hydrogen-bond acceptors (Lipinski definition) is 7. The van der Waals surface area contributed by atoms with Crippen molar-refractivity contribution < 1.29 is 29.0 Å². The first-order chi connectivity index (χ1) is 14.1. The van der Waals surface area contributed by atoms with Gasteiger partial charge in [-0.2, -0.15) is 0 Å². The number of carbonyl (C=O) groups is 4. The molecule has 30 heavy (non-hydrogen) atoms. The van der Waals surface area contributed by atoms with Crippen LogP contribution in [0.25, 0.3) is 0 Å². The van der Waals surface area contributed by atoms with E-state index in [1.54, 1.807) is 13.8 Å². The molecule has 0 saturated heterocycles. The summed E-state index contributed by atoms with van der Waals surface area (Å²) >= 11 is 0. The van der Waals surface area contributed by atoms with Crippen molar-refractivity contribution in [1.82, 2.24) is 10.6 Å². The molecule has 1 unspecified atom stereocenters. The lowest BCUT2D eigenvalue weighted by Crippen LogP contribution is -2.51. The molecule has 0 spiro atoms. The number of urea groups is 1. The minimum absolute atomic E-state index is 0.0548. The van der Waals surface area contributed by atoms with Gasteiger partial charge in [-0.1, -0.05) is 13.8 Å². The Labute approximate surface area is 174 Å². The fraction of sp³-hybridized carbons (Fsp3) is 0.474. The third kappa shape index (κ3) is 7.59. The summed E-state index contributed by atoms with van der Waals surface area (Å²) in [6.45, 7) is 3.78. The molecular formula is C19H29N5O6. The number of nitrogens with two attached hydrogens (primary N) is 2. The second kappa shape index (κ2) is 11.6. The predicted octanol–water partition coefficient (Wildman–Crippen LogP) is 0.0339. The second-order valence-corrected chi connectivity index (χ2v) is 6.98. The Balaban J connectivity index is 2.89. The van der Waals surface area contributed by atoms with Crippen LogP contribution in [0.1, 0.15) is 37.0 Å². The largest absolute Gasteiger partial charge is 0.507 e. The van der Waals surface area contributed by atoms with Crippen LogP contribution in [0.2, 0.25) is 0 Å². The van der Waals surface area contributed by atoms with Crippen molar-refractivity contribution in [3.05, 3.63) is 23.8 Å². The maximum atomic E-state index is 12.7. The van der Waals surface area contributed by atoms with E-state index in [4.69, 9.17) is 11.5 Å². The molecule has 0 radical (unpaired) electrons. The van der Waals surface area contributed by atoms with E-state index >= 15 is 0 Å². The van der Waals surface area contributed by atoms with Crippen LogP contribution in [0.3, 0.4) is 0 Å². The van der Waals surface area contributed by atoms with Gasteiger partial charge in [0.1, 0.15) is 17.4 Å². The van der Waals surface area contributed by atoms with E-state index in [9.17, 15) is 24.3 Å². The number of primary amides is 1. The summed E-state index contributed by atoms with van der Waals surface area (Å²) in [4.78, 5) is 47.3. The van der Waals surface area contributed by atoms with E-state index in [2.05, 4.69) is 20.7 Å². The van der Waals surface area contributed by atoms with E-state index < -0.39 is 35.9 Å². The fourth-order valence-electron chi connectivity index (χ4n) is 2.48. The van der Waals surface area contributed by atoms with Crippen molar-refractivity contribution >= 4 is 29.5 Å². The Morgan fingerprint density at radius 3 is 2.37 bits per heavy atom. The van der Waals surface area contributed by atoms with Gasteiger partial charge in [-0.15, -0.1) is 0 Å². The molecular weight excluding hydrogens is 394 g/mol. The first kappa shape index (κ1) is 24.7. The normalized spacial score (nSPS) is 12.6. The van der Waals surface area contributed by atoms with Gasteiger partial charge in [0.05, 0.1) is 13.2 Å². The van der Waals surface area contributed by atoms with Crippen molar-refractivity contribution in [3.8, 4) is 5.75 Å². The van der Waals surface area contributed by atoms with Crippen LogP contribution in [0, 0.1) is 5.92 Å². The van der Waals surface area contributed by atoms with Gasteiger partial charge in [-0.05, 0) is 30.9 Å². The molecule has 0 aliphatic heterocycles. The van der Waals surface area contributed by atoms with Gasteiger partial charge < -0.3 is 37.3 Å². The lowest BCUT2D eigenvalue weighted by molar-refractivity contribution is -0.128. The summed E-state index contributed by atoms with van der Waals surface area (Å²) in [7, 11) is 1.18. The van der Waals surface area contributed by atoms with Gasteiger partial charge in [0.2, 0.25) is 11.8 Å². The third-order valence-corrected chi connectivity index (χ3v) is 4.29. The van der Waals surface area contributed by atoms with Crippen LogP contribution in [0.5, 0.6) is 5.75 Å². The zero-order valence-electron chi connectivity index (χ0n) is 17.2. The van der Waals surface area contributed by atoms with E-state index in [0.717, 1.165) is 0 Å². The summed E-state index contributed by atoms with van der Waals surface area (Å²) in [6, 6.07) is 1.47. The maximum absolute atomic E-state index is 12.7. The van der Waals surface area contributed by atoms with Crippen LogP contribution in [-0.2, 0) is 14.3 Å². The van der Waals surface area contributed by atoms with Crippen LogP contribution < -0.4 is 27.4 Å². The standard InChI is InChI=1S/C19H29N5O6/c1-10(2)15(20)17(27)24-13(5-4-8-22-19(21)29)16(26)23-11-6-7-12(14(25)9-11)18(28)30-3/h6-7,9-10,13,15,25H,4-5,8,20H2,1-3H3,(H,23,26)(H,24,27)(H3,21,22,29)/t13-,15?/m0/s1. The predicted molar refractivity (Wildman–Crippen MR) is 110 cm³/mol. The SMILES string of the molecule is COC(=O)c1ccc(NC(=O)[C@H](CCCNC(N)=O)NC(=O)C(N)C(C)C)cc1O. The van der Waals surface area contributed by atoms with Gasteiger partial charge in [0.15, 0.2) is 0 Å². The number of nitrogens with one attached hydrogen (secondary N) is 3. The van der Waals surface area contributed by atoms with Crippen molar-refractivity contribution in [1.29, 1.82) is 0 Å². The molecule has 11 nitrogen and oxygen atoms in total. The lowest BCUT2D eigenvalue weighted by atomic mass is 10.0. The quantitative estimate of drug-likeness (QED) is 0.226. The summed E-state index contributed by atoms with van der Waals surface area (Å²) in [5.74, 6) is -2.26. The smallest absolute Gasteiger partial charge is 0.341 e. The molecule has 166 valence electrons. The van der Waals surface area contributed by atoms with Crippen LogP contribution >= 0.6 is 0 Å². The average Bonchev–Trinajstić information content (AvgIpc) is 2.68. The number of carbonyl (C=O) groups excluding carboxylic acids is 4. The molecule has 8 N–H and O–H groups in total. The number of ether oxygens (including phenoxy) is 1. The topological polar surface area (TPSA) is 186 Å². The molecule has 4 amide bonds. The van der Waals surface area contributed by atoms with Crippen molar-refractivity contribution in [2.45, 2.75) is 38.8 Å². The number of methoxy groups -OCH3 is 1. The molecule has 0 bridgehead atoms. The Morgan fingerprint density at radius 1 is 1.17 bits per heavy atom. The minimum Gasteiger partial charge on any atom is -0.507 e.